The van der Waals surface area contributed by atoms with Crippen molar-refractivity contribution in [3.05, 3.63) is 77.6 Å². The summed E-state index contributed by atoms with van der Waals surface area (Å²) in [4.78, 5) is 18.7. The minimum absolute atomic E-state index is 0.0870. The first-order chi connectivity index (χ1) is 15.0. The van der Waals surface area contributed by atoms with E-state index in [1.54, 1.807) is 35.4 Å². The maximum Gasteiger partial charge on any atom is 0.253 e. The molecule has 162 valence electrons. The lowest BCUT2D eigenvalue weighted by Crippen LogP contribution is -2.34. The van der Waals surface area contributed by atoms with Crippen LogP contribution in [0.15, 0.2) is 70.1 Å². The van der Waals surface area contributed by atoms with Crippen LogP contribution >= 0.6 is 23.2 Å². The molecular formula is C25H26Cl2N2O2. The normalized spacial score (nSPS) is 11.4. The number of hydrogen-bond donors (Lipinski definition) is 0. The fraction of sp³-hybridized carbons (Fsp3) is 0.280. The Bertz CT molecular complexity index is 1000. The second kappa shape index (κ2) is 11.2. The molecule has 3 aromatic rings. The average molecular weight is 457 g/mol. The molecule has 0 bridgehead atoms. The molecule has 0 spiro atoms. The molecule has 1 amide bonds. The van der Waals surface area contributed by atoms with E-state index in [9.17, 15) is 4.79 Å². The summed E-state index contributed by atoms with van der Waals surface area (Å²) in [5, 5.41) is 0. The molecule has 3 rings (SSSR count). The van der Waals surface area contributed by atoms with Crippen LogP contribution in [0.3, 0.4) is 0 Å². The molecule has 31 heavy (non-hydrogen) atoms. The molecule has 0 aliphatic rings. The predicted octanol–water partition coefficient (Wildman–Crippen LogP) is 6.74. The first-order valence-electron chi connectivity index (χ1n) is 10.3. The molecule has 0 aliphatic heterocycles. The molecule has 0 atom stereocenters. The summed E-state index contributed by atoms with van der Waals surface area (Å²) < 4.78 is 5.90. The zero-order chi connectivity index (χ0) is 22.2. The summed E-state index contributed by atoms with van der Waals surface area (Å²) in [5.74, 6) is 2.63. The van der Waals surface area contributed by atoms with E-state index in [-0.39, 0.29) is 5.91 Å². The van der Waals surface area contributed by atoms with Gasteiger partial charge in [-0.05, 0) is 47.9 Å². The van der Waals surface area contributed by atoms with Gasteiger partial charge in [0.15, 0.2) is 0 Å². The molecule has 1 aromatic heterocycles. The van der Waals surface area contributed by atoms with Crippen molar-refractivity contribution in [1.82, 2.24) is 4.90 Å². The third-order valence-corrected chi connectivity index (χ3v) is 5.28. The number of halogens is 2. The van der Waals surface area contributed by atoms with Crippen molar-refractivity contribution >= 4 is 41.0 Å². The van der Waals surface area contributed by atoms with Gasteiger partial charge in [-0.1, -0.05) is 38.1 Å². The highest BCUT2D eigenvalue weighted by Crippen LogP contribution is 2.24. The van der Waals surface area contributed by atoms with E-state index in [0.717, 1.165) is 17.0 Å². The standard InChI is InChI=1S/C25H26Cl2N2O2/c1-18(2)19-3-5-20(6-4-19)24-12-11-23(31-24)17-28-22-9-7-21(8-10-22)25(30)29(15-13-26)16-14-27/h3-12,17-18H,13-16H2,1-2H3. The maximum absolute atomic E-state index is 12.6. The first kappa shape index (κ1) is 23.1. The molecule has 0 saturated heterocycles. The van der Waals surface area contributed by atoms with Crippen LogP contribution in [0.2, 0.25) is 0 Å². The third kappa shape index (κ3) is 6.22. The van der Waals surface area contributed by atoms with E-state index in [2.05, 4.69) is 43.1 Å². The molecule has 0 fully saturated rings. The zero-order valence-electron chi connectivity index (χ0n) is 17.7. The number of alkyl halides is 2. The average Bonchev–Trinajstić information content (AvgIpc) is 3.26. The lowest BCUT2D eigenvalue weighted by Gasteiger charge is -2.20. The van der Waals surface area contributed by atoms with E-state index >= 15 is 0 Å². The summed E-state index contributed by atoms with van der Waals surface area (Å²) in [5.41, 5.74) is 3.65. The minimum Gasteiger partial charge on any atom is -0.455 e. The Balaban J connectivity index is 1.66. The Hall–Kier alpha value is -2.56. The van der Waals surface area contributed by atoms with Gasteiger partial charge in [-0.25, -0.2) is 0 Å². The molecule has 0 unspecified atom stereocenters. The maximum atomic E-state index is 12.6. The first-order valence-corrected chi connectivity index (χ1v) is 11.3. The Kier molecular flexibility index (Phi) is 8.33. The van der Waals surface area contributed by atoms with E-state index in [4.69, 9.17) is 27.6 Å². The fourth-order valence-electron chi connectivity index (χ4n) is 3.14. The SMILES string of the molecule is CC(C)c1ccc(-c2ccc(C=Nc3ccc(C(=O)N(CCCl)CCCl)cc3)o2)cc1. The number of hydrogen-bond acceptors (Lipinski definition) is 3. The summed E-state index contributed by atoms with van der Waals surface area (Å²) in [6.45, 7) is 5.28. The van der Waals surface area contributed by atoms with E-state index in [1.165, 1.54) is 5.56 Å². The monoisotopic (exact) mass is 456 g/mol. The smallest absolute Gasteiger partial charge is 0.253 e. The van der Waals surface area contributed by atoms with Crippen molar-refractivity contribution in [1.29, 1.82) is 0 Å². The van der Waals surface area contributed by atoms with Crippen molar-refractivity contribution < 1.29 is 9.21 Å². The van der Waals surface area contributed by atoms with Gasteiger partial charge in [0, 0.05) is 36.0 Å². The summed E-state index contributed by atoms with van der Waals surface area (Å²) >= 11 is 11.6. The number of rotatable bonds is 9. The third-order valence-electron chi connectivity index (χ3n) is 4.94. The number of furan rings is 1. The molecule has 2 aromatic carbocycles. The highest BCUT2D eigenvalue weighted by Gasteiger charge is 2.14. The number of amides is 1. The summed E-state index contributed by atoms with van der Waals surface area (Å²) in [6.07, 6.45) is 1.68. The van der Waals surface area contributed by atoms with Crippen LogP contribution in [0.25, 0.3) is 11.3 Å². The van der Waals surface area contributed by atoms with Crippen LogP contribution in [0, 0.1) is 0 Å². The van der Waals surface area contributed by atoms with Gasteiger partial charge in [0.25, 0.3) is 5.91 Å². The molecule has 4 nitrogen and oxygen atoms in total. The number of benzene rings is 2. The molecule has 0 aliphatic carbocycles. The fourth-order valence-corrected chi connectivity index (χ4v) is 3.55. The number of carbonyl (C=O) groups excluding carboxylic acids is 1. The van der Waals surface area contributed by atoms with Gasteiger partial charge >= 0.3 is 0 Å². The van der Waals surface area contributed by atoms with Gasteiger partial charge in [-0.2, -0.15) is 0 Å². The molecule has 6 heteroatoms. The quantitative estimate of drug-likeness (QED) is 0.264. The van der Waals surface area contributed by atoms with E-state index < -0.39 is 0 Å². The summed E-state index contributed by atoms with van der Waals surface area (Å²) in [6, 6.07) is 19.4. The Labute approximate surface area is 193 Å². The largest absolute Gasteiger partial charge is 0.455 e. The number of aliphatic imine (C=N–C) groups is 1. The van der Waals surface area contributed by atoms with Crippen molar-refractivity contribution in [2.75, 3.05) is 24.8 Å². The van der Waals surface area contributed by atoms with Crippen LogP contribution in [0.1, 0.15) is 41.4 Å². The summed E-state index contributed by atoms with van der Waals surface area (Å²) in [7, 11) is 0. The second-order valence-corrected chi connectivity index (χ2v) is 8.21. The Morgan fingerprint density at radius 2 is 1.61 bits per heavy atom. The minimum atomic E-state index is -0.0870. The van der Waals surface area contributed by atoms with Crippen LogP contribution < -0.4 is 0 Å². The highest BCUT2D eigenvalue weighted by molar-refractivity contribution is 6.18. The lowest BCUT2D eigenvalue weighted by atomic mass is 10.0. The van der Waals surface area contributed by atoms with Gasteiger partial charge in [0.2, 0.25) is 0 Å². The van der Waals surface area contributed by atoms with Gasteiger partial charge in [0.05, 0.1) is 11.9 Å². The van der Waals surface area contributed by atoms with Gasteiger partial charge in [-0.15, -0.1) is 23.2 Å². The predicted molar refractivity (Wildman–Crippen MR) is 129 cm³/mol. The second-order valence-electron chi connectivity index (χ2n) is 7.45. The highest BCUT2D eigenvalue weighted by atomic mass is 35.5. The van der Waals surface area contributed by atoms with Crippen molar-refractivity contribution in [2.45, 2.75) is 19.8 Å². The molecule has 0 N–H and O–H groups in total. The molecule has 1 heterocycles. The van der Waals surface area contributed by atoms with Gasteiger partial charge < -0.3 is 9.32 Å². The van der Waals surface area contributed by atoms with Gasteiger partial charge in [-0.3, -0.25) is 9.79 Å². The Morgan fingerprint density at radius 3 is 2.19 bits per heavy atom. The molecule has 0 saturated carbocycles. The van der Waals surface area contributed by atoms with E-state index in [0.29, 0.717) is 42.1 Å². The zero-order valence-corrected chi connectivity index (χ0v) is 19.2. The van der Waals surface area contributed by atoms with Crippen LogP contribution in [-0.4, -0.2) is 41.9 Å². The van der Waals surface area contributed by atoms with Crippen molar-refractivity contribution in [3.8, 4) is 11.3 Å². The van der Waals surface area contributed by atoms with Crippen LogP contribution in [0.4, 0.5) is 5.69 Å². The number of nitrogens with zero attached hydrogens (tertiary/aromatic N) is 2. The molecular weight excluding hydrogens is 431 g/mol. The Morgan fingerprint density at radius 1 is 0.968 bits per heavy atom. The number of carbonyl (C=O) groups is 1. The van der Waals surface area contributed by atoms with E-state index in [1.807, 2.05) is 12.1 Å². The van der Waals surface area contributed by atoms with Crippen molar-refractivity contribution in [2.24, 2.45) is 4.99 Å². The lowest BCUT2D eigenvalue weighted by molar-refractivity contribution is 0.0775. The van der Waals surface area contributed by atoms with Gasteiger partial charge in [0.1, 0.15) is 11.5 Å². The van der Waals surface area contributed by atoms with Crippen LogP contribution in [0.5, 0.6) is 0 Å². The molecule has 0 radical (unpaired) electrons. The topological polar surface area (TPSA) is 45.8 Å². The van der Waals surface area contributed by atoms with Crippen molar-refractivity contribution in [3.63, 3.8) is 0 Å². The van der Waals surface area contributed by atoms with Crippen LogP contribution in [-0.2, 0) is 0 Å².